The van der Waals surface area contributed by atoms with Gasteiger partial charge in [0.2, 0.25) is 21.9 Å². The van der Waals surface area contributed by atoms with Crippen molar-refractivity contribution in [3.63, 3.8) is 0 Å². The van der Waals surface area contributed by atoms with Crippen LogP contribution in [0.15, 0.2) is 4.79 Å². The van der Waals surface area contributed by atoms with Crippen molar-refractivity contribution in [2.45, 2.75) is 6.42 Å². The number of amides is 1. The van der Waals surface area contributed by atoms with Crippen LogP contribution >= 0.6 is 12.2 Å². The molecule has 10 nitrogen and oxygen atoms in total. The zero-order chi connectivity index (χ0) is 16.1. The van der Waals surface area contributed by atoms with E-state index < -0.39 is 21.5 Å². The third-order valence-corrected chi connectivity index (χ3v) is 4.45. The molecular weight excluding hydrogens is 332 g/mol. The number of hydrogen-bond donors (Lipinski definition) is 4. The second kappa shape index (κ2) is 5.00. The monoisotopic (exact) mass is 344 g/mol. The van der Waals surface area contributed by atoms with Gasteiger partial charge in [-0.25, -0.2) is 13.6 Å². The fourth-order valence-corrected chi connectivity index (χ4v) is 3.55. The van der Waals surface area contributed by atoms with Gasteiger partial charge in [0.05, 0.1) is 5.75 Å². The Bertz CT molecular complexity index is 971. The Labute approximate surface area is 128 Å². The van der Waals surface area contributed by atoms with Crippen LogP contribution in [0.4, 0.5) is 5.95 Å². The first-order valence-electron chi connectivity index (χ1n) is 6.26. The number of nitrogens with zero attached hydrogens (tertiary/aromatic N) is 2. The van der Waals surface area contributed by atoms with Crippen LogP contribution in [0.2, 0.25) is 0 Å². The van der Waals surface area contributed by atoms with E-state index in [-0.39, 0.29) is 46.5 Å². The van der Waals surface area contributed by atoms with E-state index in [1.165, 1.54) is 4.90 Å². The number of primary sulfonamides is 1. The number of imidazole rings is 1. The molecular formula is C10H12N6O4S2. The Morgan fingerprint density at radius 2 is 2.05 bits per heavy atom. The average Bonchev–Trinajstić information content (AvgIpc) is 2.90. The summed E-state index contributed by atoms with van der Waals surface area (Å²) in [6.45, 7) is 0.120. The number of aromatic amines is 3. The van der Waals surface area contributed by atoms with E-state index in [9.17, 15) is 18.0 Å². The van der Waals surface area contributed by atoms with Gasteiger partial charge in [-0.1, -0.05) is 0 Å². The molecule has 5 N–H and O–H groups in total. The number of H-pyrrole nitrogens is 3. The van der Waals surface area contributed by atoms with Crippen molar-refractivity contribution in [1.29, 1.82) is 0 Å². The van der Waals surface area contributed by atoms with E-state index in [2.05, 4.69) is 19.9 Å². The fourth-order valence-electron chi connectivity index (χ4n) is 2.47. The first-order chi connectivity index (χ1) is 10.2. The number of hydrogen-bond acceptors (Lipinski definition) is 6. The third kappa shape index (κ3) is 2.80. The lowest BCUT2D eigenvalue weighted by Crippen LogP contribution is -2.30. The average molecular weight is 344 g/mol. The Balaban J connectivity index is 1.96. The molecule has 0 aliphatic carbocycles. The molecule has 0 radical (unpaired) electrons. The molecule has 0 saturated carbocycles. The van der Waals surface area contributed by atoms with E-state index >= 15 is 0 Å². The molecule has 12 heteroatoms. The van der Waals surface area contributed by atoms with Crippen molar-refractivity contribution in [3.8, 4) is 0 Å². The van der Waals surface area contributed by atoms with Crippen molar-refractivity contribution in [2.75, 3.05) is 17.2 Å². The maximum absolute atomic E-state index is 12.0. The molecule has 0 spiro atoms. The van der Waals surface area contributed by atoms with Crippen molar-refractivity contribution >= 4 is 45.3 Å². The van der Waals surface area contributed by atoms with Crippen LogP contribution in [0.25, 0.3) is 11.2 Å². The maximum atomic E-state index is 12.0. The molecule has 3 rings (SSSR count). The lowest BCUT2D eigenvalue weighted by molar-refractivity contribution is -0.117. The summed E-state index contributed by atoms with van der Waals surface area (Å²) in [6.07, 6.45) is 0.0291. The number of nitrogens with two attached hydrogens (primary N) is 1. The number of aromatic nitrogens is 4. The molecule has 0 aromatic carbocycles. The van der Waals surface area contributed by atoms with Crippen molar-refractivity contribution < 1.29 is 13.2 Å². The lowest BCUT2D eigenvalue weighted by atomic mass is 10.1. The molecule has 22 heavy (non-hydrogen) atoms. The largest absolute Gasteiger partial charge is 0.325 e. The number of rotatable bonds is 3. The molecule has 1 aliphatic rings. The van der Waals surface area contributed by atoms with E-state index in [0.717, 1.165) is 0 Å². The molecule has 2 aromatic heterocycles. The van der Waals surface area contributed by atoms with Gasteiger partial charge < -0.3 is 9.97 Å². The van der Waals surface area contributed by atoms with Crippen molar-refractivity contribution in [1.82, 2.24) is 19.9 Å². The smallest absolute Gasteiger partial charge is 0.278 e. The van der Waals surface area contributed by atoms with Gasteiger partial charge in [-0.3, -0.25) is 19.5 Å². The van der Waals surface area contributed by atoms with Gasteiger partial charge in [0, 0.05) is 18.9 Å². The van der Waals surface area contributed by atoms with Crippen LogP contribution in [0.1, 0.15) is 6.42 Å². The molecule has 1 fully saturated rings. The Morgan fingerprint density at radius 3 is 2.73 bits per heavy atom. The molecule has 2 aromatic rings. The maximum Gasteiger partial charge on any atom is 0.278 e. The second-order valence-corrected chi connectivity index (χ2v) is 7.16. The lowest BCUT2D eigenvalue weighted by Gasteiger charge is -2.14. The van der Waals surface area contributed by atoms with Gasteiger partial charge in [0.15, 0.2) is 10.4 Å². The quantitative estimate of drug-likeness (QED) is 0.520. The van der Waals surface area contributed by atoms with Gasteiger partial charge in [-0.05, 0) is 12.2 Å². The third-order valence-electron chi connectivity index (χ3n) is 3.31. The normalized spacial score (nSPS) is 19.2. The summed E-state index contributed by atoms with van der Waals surface area (Å²) >= 11 is 4.89. The zero-order valence-electron chi connectivity index (χ0n) is 11.1. The highest BCUT2D eigenvalue weighted by atomic mass is 32.2. The second-order valence-electron chi connectivity index (χ2n) is 5.10. The van der Waals surface area contributed by atoms with Crippen molar-refractivity contribution in [3.05, 3.63) is 15.1 Å². The molecule has 1 amide bonds. The van der Waals surface area contributed by atoms with Gasteiger partial charge in [-0.15, -0.1) is 0 Å². The van der Waals surface area contributed by atoms with E-state index in [1.54, 1.807) is 0 Å². The summed E-state index contributed by atoms with van der Waals surface area (Å²) in [6, 6.07) is 0. The van der Waals surface area contributed by atoms with Gasteiger partial charge in [-0.2, -0.15) is 4.98 Å². The standard InChI is InChI=1S/C10H12N6O4S2/c11-22(19,20)3-4-1-5(17)16(2-4)9-13-7-6(8(18)15-9)12-10(21)14-7/h4H,1-3H2,(H2,11,19,20)(H3,12,13,14,15,18,21). The Hall–Kier alpha value is -2.05. The van der Waals surface area contributed by atoms with Crippen LogP contribution < -0.4 is 15.6 Å². The molecule has 1 saturated heterocycles. The molecule has 1 atom stereocenters. The number of carbonyl (C=O) groups is 1. The summed E-state index contributed by atoms with van der Waals surface area (Å²) in [4.78, 5) is 37.2. The fraction of sp³-hybridized carbons (Fsp3) is 0.400. The minimum absolute atomic E-state index is 0.0291. The van der Waals surface area contributed by atoms with Gasteiger partial charge >= 0.3 is 0 Å². The molecule has 3 heterocycles. The SMILES string of the molecule is NS(=O)(=O)CC1CC(=O)N(c2nc3[nH]c(=S)[nH]c3c(=O)[nH]2)C1. The first-order valence-corrected chi connectivity index (χ1v) is 8.38. The van der Waals surface area contributed by atoms with Crippen molar-refractivity contribution in [2.24, 2.45) is 11.1 Å². The topological polar surface area (TPSA) is 158 Å². The van der Waals surface area contributed by atoms with Gasteiger partial charge in [0.1, 0.15) is 5.52 Å². The van der Waals surface area contributed by atoms with E-state index in [1.807, 2.05) is 0 Å². The molecule has 1 aliphatic heterocycles. The van der Waals surface area contributed by atoms with E-state index in [4.69, 9.17) is 17.4 Å². The Morgan fingerprint density at radius 1 is 1.32 bits per heavy atom. The predicted octanol–water partition coefficient (Wildman–Crippen LogP) is -1.05. The Kier molecular flexibility index (Phi) is 3.38. The first kappa shape index (κ1) is 14.9. The summed E-state index contributed by atoms with van der Waals surface area (Å²) in [7, 11) is -3.67. The van der Waals surface area contributed by atoms with Gasteiger partial charge in [0.25, 0.3) is 5.56 Å². The van der Waals surface area contributed by atoms with Crippen LogP contribution in [-0.4, -0.2) is 46.6 Å². The predicted molar refractivity (Wildman–Crippen MR) is 80.3 cm³/mol. The number of anilines is 1. The van der Waals surface area contributed by atoms with Crippen LogP contribution in [0.3, 0.4) is 0 Å². The summed E-state index contributed by atoms with van der Waals surface area (Å²) < 4.78 is 22.5. The molecule has 0 bridgehead atoms. The molecule has 118 valence electrons. The number of sulfonamides is 1. The number of carbonyl (C=O) groups excluding carboxylic acids is 1. The zero-order valence-corrected chi connectivity index (χ0v) is 12.8. The molecule has 1 unspecified atom stereocenters. The number of fused-ring (bicyclic) bond motifs is 1. The highest BCUT2D eigenvalue weighted by Crippen LogP contribution is 2.22. The highest BCUT2D eigenvalue weighted by molar-refractivity contribution is 7.89. The number of nitrogens with one attached hydrogen (secondary N) is 3. The highest BCUT2D eigenvalue weighted by Gasteiger charge is 2.34. The minimum Gasteiger partial charge on any atom is -0.325 e. The summed E-state index contributed by atoms with van der Waals surface area (Å²) in [5, 5.41) is 4.99. The minimum atomic E-state index is -3.67. The summed E-state index contributed by atoms with van der Waals surface area (Å²) in [5.74, 6) is -1.02. The summed E-state index contributed by atoms with van der Waals surface area (Å²) in [5.41, 5.74) is -0.0667. The van der Waals surface area contributed by atoms with E-state index in [0.29, 0.717) is 0 Å². The van der Waals surface area contributed by atoms with Crippen LogP contribution in [0.5, 0.6) is 0 Å². The van der Waals surface area contributed by atoms with Crippen LogP contribution in [0, 0.1) is 10.7 Å². The van der Waals surface area contributed by atoms with Crippen LogP contribution in [-0.2, 0) is 14.8 Å².